The molecule has 0 bridgehead atoms. The number of aryl methyl sites for hydroxylation is 1. The van der Waals surface area contributed by atoms with Gasteiger partial charge in [0.1, 0.15) is 0 Å². The molecular formula is C19H21Br2N. The molecule has 0 saturated heterocycles. The Morgan fingerprint density at radius 2 is 1.64 bits per heavy atom. The van der Waals surface area contributed by atoms with Crippen LogP contribution in [-0.4, -0.2) is 4.98 Å². The summed E-state index contributed by atoms with van der Waals surface area (Å²) in [6.07, 6.45) is 7.76. The smallest absolute Gasteiger partial charge is 0.0498 e. The number of hydrogen-bond acceptors (Lipinski definition) is 0. The Kier molecular flexibility index (Phi) is 5.25. The SMILES string of the molecule is CCCCCCCc1cc(Br)cc2c1[nH]c1ccc(Br)cc12. The minimum absolute atomic E-state index is 1.13. The van der Waals surface area contributed by atoms with E-state index in [-0.39, 0.29) is 0 Å². The van der Waals surface area contributed by atoms with Crippen LogP contribution in [0.1, 0.15) is 44.6 Å². The number of hydrogen-bond donors (Lipinski definition) is 1. The predicted octanol–water partition coefficient (Wildman–Crippen LogP) is 7.36. The monoisotopic (exact) mass is 421 g/mol. The van der Waals surface area contributed by atoms with Crippen molar-refractivity contribution in [3.05, 3.63) is 44.8 Å². The number of halogens is 2. The van der Waals surface area contributed by atoms with Crippen molar-refractivity contribution < 1.29 is 0 Å². The summed E-state index contributed by atoms with van der Waals surface area (Å²) in [5, 5.41) is 2.60. The van der Waals surface area contributed by atoms with Gasteiger partial charge in [-0.15, -0.1) is 0 Å². The van der Waals surface area contributed by atoms with Crippen LogP contribution in [0.5, 0.6) is 0 Å². The zero-order valence-corrected chi connectivity index (χ0v) is 16.1. The van der Waals surface area contributed by atoms with Crippen LogP contribution < -0.4 is 0 Å². The first kappa shape index (κ1) is 16.1. The van der Waals surface area contributed by atoms with E-state index in [0.29, 0.717) is 0 Å². The van der Waals surface area contributed by atoms with Gasteiger partial charge in [-0.1, -0.05) is 64.5 Å². The van der Waals surface area contributed by atoms with Gasteiger partial charge < -0.3 is 4.98 Å². The maximum Gasteiger partial charge on any atom is 0.0498 e. The van der Waals surface area contributed by atoms with Crippen molar-refractivity contribution >= 4 is 53.7 Å². The van der Waals surface area contributed by atoms with Crippen molar-refractivity contribution in [3.8, 4) is 0 Å². The van der Waals surface area contributed by atoms with Gasteiger partial charge in [-0.2, -0.15) is 0 Å². The third-order valence-corrected chi connectivity index (χ3v) is 5.22. The van der Waals surface area contributed by atoms with Crippen LogP contribution in [0.25, 0.3) is 21.8 Å². The Morgan fingerprint density at radius 1 is 0.864 bits per heavy atom. The molecule has 0 aliphatic rings. The molecule has 2 aromatic carbocycles. The second-order valence-corrected chi connectivity index (χ2v) is 7.80. The van der Waals surface area contributed by atoms with Crippen molar-refractivity contribution in [1.29, 1.82) is 0 Å². The molecule has 0 aliphatic heterocycles. The Labute approximate surface area is 148 Å². The van der Waals surface area contributed by atoms with Gasteiger partial charge in [0.25, 0.3) is 0 Å². The van der Waals surface area contributed by atoms with Crippen molar-refractivity contribution in [3.63, 3.8) is 0 Å². The molecule has 0 aliphatic carbocycles. The van der Waals surface area contributed by atoms with E-state index in [1.165, 1.54) is 63.9 Å². The van der Waals surface area contributed by atoms with Crippen LogP contribution in [0.15, 0.2) is 39.3 Å². The van der Waals surface area contributed by atoms with Gasteiger partial charge in [0.15, 0.2) is 0 Å². The van der Waals surface area contributed by atoms with Crippen LogP contribution in [-0.2, 0) is 6.42 Å². The van der Waals surface area contributed by atoms with Crippen molar-refractivity contribution in [1.82, 2.24) is 4.98 Å². The maximum absolute atomic E-state index is 3.68. The molecule has 1 aromatic heterocycles. The lowest BCUT2D eigenvalue weighted by Gasteiger charge is -2.05. The fourth-order valence-electron chi connectivity index (χ4n) is 3.12. The molecular weight excluding hydrogens is 402 g/mol. The van der Waals surface area contributed by atoms with E-state index in [9.17, 15) is 0 Å². The normalized spacial score (nSPS) is 11.6. The van der Waals surface area contributed by atoms with E-state index in [0.717, 1.165) is 10.9 Å². The molecule has 1 heterocycles. The lowest BCUT2D eigenvalue weighted by atomic mass is 10.0. The lowest BCUT2D eigenvalue weighted by Crippen LogP contribution is -1.89. The van der Waals surface area contributed by atoms with Crippen LogP contribution >= 0.6 is 31.9 Å². The average Bonchev–Trinajstić information content (AvgIpc) is 2.85. The number of rotatable bonds is 6. The number of unbranched alkanes of at least 4 members (excludes halogenated alkanes) is 4. The van der Waals surface area contributed by atoms with Gasteiger partial charge in [-0.05, 0) is 48.7 Å². The quantitative estimate of drug-likeness (QED) is 0.399. The van der Waals surface area contributed by atoms with Gasteiger partial charge in [-0.3, -0.25) is 0 Å². The van der Waals surface area contributed by atoms with Crippen molar-refractivity contribution in [2.24, 2.45) is 0 Å². The Hall–Kier alpha value is -0.800. The zero-order chi connectivity index (χ0) is 15.5. The van der Waals surface area contributed by atoms with E-state index < -0.39 is 0 Å². The van der Waals surface area contributed by atoms with E-state index in [1.54, 1.807) is 0 Å². The third-order valence-electron chi connectivity index (χ3n) is 4.27. The summed E-state index contributed by atoms with van der Waals surface area (Å²) < 4.78 is 2.30. The summed E-state index contributed by atoms with van der Waals surface area (Å²) in [6.45, 7) is 2.26. The summed E-state index contributed by atoms with van der Waals surface area (Å²) >= 11 is 7.26. The van der Waals surface area contributed by atoms with Crippen molar-refractivity contribution in [2.75, 3.05) is 0 Å². The minimum atomic E-state index is 1.13. The van der Waals surface area contributed by atoms with Crippen LogP contribution in [0.2, 0.25) is 0 Å². The fourth-order valence-corrected chi connectivity index (χ4v) is 3.99. The summed E-state index contributed by atoms with van der Waals surface area (Å²) in [6, 6.07) is 10.9. The average molecular weight is 423 g/mol. The van der Waals surface area contributed by atoms with Crippen LogP contribution in [0.3, 0.4) is 0 Å². The maximum atomic E-state index is 3.68. The van der Waals surface area contributed by atoms with Gasteiger partial charge in [0.05, 0.1) is 0 Å². The van der Waals surface area contributed by atoms with Crippen LogP contribution in [0.4, 0.5) is 0 Å². The molecule has 3 aromatic rings. The summed E-state index contributed by atoms with van der Waals surface area (Å²) in [5.41, 5.74) is 3.93. The number of H-pyrrole nitrogens is 1. The van der Waals surface area contributed by atoms with E-state index >= 15 is 0 Å². The molecule has 1 nitrogen and oxygen atoms in total. The molecule has 0 amide bonds. The van der Waals surface area contributed by atoms with E-state index in [1.807, 2.05) is 0 Å². The summed E-state index contributed by atoms with van der Waals surface area (Å²) in [4.78, 5) is 3.61. The number of fused-ring (bicyclic) bond motifs is 3. The lowest BCUT2D eigenvalue weighted by molar-refractivity contribution is 0.633. The fraction of sp³-hybridized carbons (Fsp3) is 0.368. The summed E-state index contributed by atoms with van der Waals surface area (Å²) in [7, 11) is 0. The molecule has 0 spiro atoms. The molecule has 3 rings (SSSR count). The number of benzene rings is 2. The second-order valence-electron chi connectivity index (χ2n) is 5.97. The highest BCUT2D eigenvalue weighted by atomic mass is 79.9. The first-order chi connectivity index (χ1) is 10.7. The van der Waals surface area contributed by atoms with Crippen LogP contribution in [0, 0.1) is 0 Å². The first-order valence-corrected chi connectivity index (χ1v) is 9.67. The number of aromatic amines is 1. The number of aromatic nitrogens is 1. The van der Waals surface area contributed by atoms with Crippen molar-refractivity contribution in [2.45, 2.75) is 45.4 Å². The Bertz CT molecular complexity index is 789. The van der Waals surface area contributed by atoms with E-state index in [4.69, 9.17) is 0 Å². The second kappa shape index (κ2) is 7.18. The Balaban J connectivity index is 1.94. The van der Waals surface area contributed by atoms with Gasteiger partial charge in [-0.25, -0.2) is 0 Å². The first-order valence-electron chi connectivity index (χ1n) is 8.08. The third kappa shape index (κ3) is 3.41. The molecule has 22 heavy (non-hydrogen) atoms. The molecule has 3 heteroatoms. The van der Waals surface area contributed by atoms with Gasteiger partial charge in [0, 0.05) is 30.8 Å². The molecule has 0 saturated carbocycles. The molecule has 0 radical (unpaired) electrons. The molecule has 1 N–H and O–H groups in total. The van der Waals surface area contributed by atoms with E-state index in [2.05, 4.69) is 74.1 Å². The minimum Gasteiger partial charge on any atom is -0.354 e. The van der Waals surface area contributed by atoms with Gasteiger partial charge >= 0.3 is 0 Å². The predicted molar refractivity (Wildman–Crippen MR) is 104 cm³/mol. The highest BCUT2D eigenvalue weighted by Gasteiger charge is 2.10. The summed E-state index contributed by atoms with van der Waals surface area (Å²) in [5.74, 6) is 0. The largest absolute Gasteiger partial charge is 0.354 e. The standard InChI is InChI=1S/C19H21Br2N/c1-2-3-4-5-6-7-13-10-15(21)12-17-16-11-14(20)8-9-18(16)22-19(13)17/h8-12,22H,2-7H2,1H3. The molecule has 116 valence electrons. The van der Waals surface area contributed by atoms with Gasteiger partial charge in [0.2, 0.25) is 0 Å². The molecule has 0 fully saturated rings. The molecule has 0 atom stereocenters. The number of nitrogens with one attached hydrogen (secondary N) is 1. The zero-order valence-electron chi connectivity index (χ0n) is 12.9. The highest BCUT2D eigenvalue weighted by molar-refractivity contribution is 9.10. The highest BCUT2D eigenvalue weighted by Crippen LogP contribution is 2.33. The topological polar surface area (TPSA) is 15.8 Å². The Morgan fingerprint density at radius 3 is 2.45 bits per heavy atom. The molecule has 0 unspecified atom stereocenters.